The first-order chi connectivity index (χ1) is 8.45. The van der Waals surface area contributed by atoms with Gasteiger partial charge in [-0.15, -0.1) is 0 Å². The second kappa shape index (κ2) is 6.40. The number of hydrogen-bond donors (Lipinski definition) is 2. The molecule has 0 heterocycles. The molecular weight excluding hydrogens is 228 g/mol. The normalized spacial score (nSPS) is 13.9. The van der Waals surface area contributed by atoms with E-state index in [4.69, 9.17) is 16.2 Å². The van der Waals surface area contributed by atoms with Crippen LogP contribution in [0.4, 0.5) is 0 Å². The lowest BCUT2D eigenvalue weighted by molar-refractivity contribution is -0.123. The third-order valence-electron chi connectivity index (χ3n) is 2.92. The van der Waals surface area contributed by atoms with E-state index in [0.29, 0.717) is 13.0 Å². The summed E-state index contributed by atoms with van der Waals surface area (Å²) in [6.45, 7) is 4.14. The highest BCUT2D eigenvalue weighted by molar-refractivity contribution is 5.83. The number of primary amides is 1. The molecule has 0 bridgehead atoms. The quantitative estimate of drug-likeness (QED) is 0.771. The van der Waals surface area contributed by atoms with Gasteiger partial charge in [-0.25, -0.2) is 0 Å². The first-order valence-electron chi connectivity index (χ1n) is 6.26. The lowest BCUT2D eigenvalue weighted by Crippen LogP contribution is -2.50. The fourth-order valence-corrected chi connectivity index (χ4v) is 1.55. The van der Waals surface area contributed by atoms with E-state index in [-0.39, 0.29) is 0 Å². The van der Waals surface area contributed by atoms with E-state index in [9.17, 15) is 4.79 Å². The maximum absolute atomic E-state index is 11.0. The second-order valence-corrected chi connectivity index (χ2v) is 4.77. The van der Waals surface area contributed by atoms with Crippen molar-refractivity contribution in [2.24, 2.45) is 11.5 Å². The number of carbonyl (C=O) groups is 1. The first kappa shape index (κ1) is 14.5. The molecule has 4 N–H and O–H groups in total. The highest BCUT2D eigenvalue weighted by Crippen LogP contribution is 2.14. The van der Waals surface area contributed by atoms with Crippen LogP contribution in [0.5, 0.6) is 5.75 Å². The first-order valence-corrected chi connectivity index (χ1v) is 6.26. The van der Waals surface area contributed by atoms with Crippen LogP contribution in [0.15, 0.2) is 24.3 Å². The number of hydrogen-bond acceptors (Lipinski definition) is 3. The van der Waals surface area contributed by atoms with Gasteiger partial charge >= 0.3 is 0 Å². The summed E-state index contributed by atoms with van der Waals surface area (Å²) in [5, 5.41) is 0. The summed E-state index contributed by atoms with van der Waals surface area (Å²) < 4.78 is 5.54. The Morgan fingerprint density at radius 2 is 1.94 bits per heavy atom. The minimum absolute atomic E-state index is 0.378. The predicted octanol–water partition coefficient (Wildman–Crippen LogP) is 1.61. The molecule has 4 heteroatoms. The number of benzene rings is 1. The molecule has 1 amide bonds. The molecule has 4 nitrogen and oxygen atoms in total. The molecule has 0 saturated carbocycles. The van der Waals surface area contributed by atoms with Crippen molar-refractivity contribution < 1.29 is 9.53 Å². The average molecular weight is 250 g/mol. The lowest BCUT2D eigenvalue weighted by Gasteiger charge is -2.20. The van der Waals surface area contributed by atoms with Crippen LogP contribution in [0, 0.1) is 0 Å². The molecule has 1 unspecified atom stereocenters. The van der Waals surface area contributed by atoms with Crippen LogP contribution in [0.3, 0.4) is 0 Å². The Morgan fingerprint density at radius 1 is 1.33 bits per heavy atom. The number of nitrogens with two attached hydrogens (primary N) is 2. The summed E-state index contributed by atoms with van der Waals surface area (Å²) in [7, 11) is 0. The van der Waals surface area contributed by atoms with Crippen LogP contribution in [0.1, 0.15) is 32.3 Å². The number of carbonyl (C=O) groups excluding carboxylic acids is 1. The minimum Gasteiger partial charge on any atom is -0.494 e. The number of ether oxygens (including phenoxy) is 1. The number of aryl methyl sites for hydroxylation is 1. The largest absolute Gasteiger partial charge is 0.494 e. The van der Waals surface area contributed by atoms with Gasteiger partial charge in [0, 0.05) is 6.42 Å². The minimum atomic E-state index is -1.01. The molecule has 18 heavy (non-hydrogen) atoms. The Balaban J connectivity index is 2.42. The summed E-state index contributed by atoms with van der Waals surface area (Å²) in [6, 6.07) is 7.97. The summed E-state index contributed by atoms with van der Waals surface area (Å²) >= 11 is 0. The third kappa shape index (κ3) is 4.37. The Hall–Kier alpha value is -1.55. The smallest absolute Gasteiger partial charge is 0.237 e. The highest BCUT2D eigenvalue weighted by Gasteiger charge is 2.25. The number of rotatable bonds is 7. The van der Waals surface area contributed by atoms with Crippen LogP contribution in [-0.4, -0.2) is 18.1 Å². The van der Waals surface area contributed by atoms with E-state index in [0.717, 1.165) is 18.6 Å². The topological polar surface area (TPSA) is 78.3 Å². The maximum atomic E-state index is 11.0. The molecule has 0 fully saturated rings. The van der Waals surface area contributed by atoms with E-state index >= 15 is 0 Å². The van der Waals surface area contributed by atoms with Crippen molar-refractivity contribution in [1.82, 2.24) is 0 Å². The molecule has 1 aromatic carbocycles. The summed E-state index contributed by atoms with van der Waals surface area (Å²) in [4.78, 5) is 11.0. The summed E-state index contributed by atoms with van der Waals surface area (Å²) in [6.07, 6.45) is 2.60. The van der Waals surface area contributed by atoms with Crippen molar-refractivity contribution in [2.75, 3.05) is 6.61 Å². The van der Waals surface area contributed by atoms with Crippen LogP contribution in [-0.2, 0) is 11.2 Å². The van der Waals surface area contributed by atoms with Gasteiger partial charge in [-0.05, 0) is 31.0 Å². The predicted molar refractivity (Wildman–Crippen MR) is 72.3 cm³/mol. The Labute approximate surface area is 108 Å². The van der Waals surface area contributed by atoms with Gasteiger partial charge in [-0.3, -0.25) is 4.79 Å². The van der Waals surface area contributed by atoms with Gasteiger partial charge in [0.15, 0.2) is 0 Å². The summed E-state index contributed by atoms with van der Waals surface area (Å²) in [5.74, 6) is 0.277. The van der Waals surface area contributed by atoms with Crippen LogP contribution in [0.2, 0.25) is 0 Å². The standard InChI is InChI=1S/C14H22N2O2/c1-3-4-11-5-7-12(8-6-11)18-10-9-14(2,16)13(15)17/h5-8H,3-4,9-10,16H2,1-2H3,(H2,15,17). The molecule has 0 aliphatic rings. The zero-order valence-corrected chi connectivity index (χ0v) is 11.1. The highest BCUT2D eigenvalue weighted by atomic mass is 16.5. The van der Waals surface area contributed by atoms with Gasteiger partial charge < -0.3 is 16.2 Å². The maximum Gasteiger partial charge on any atom is 0.237 e. The van der Waals surface area contributed by atoms with Crippen molar-refractivity contribution in [2.45, 2.75) is 38.6 Å². The molecule has 1 atom stereocenters. The molecule has 0 saturated heterocycles. The van der Waals surface area contributed by atoms with Crippen molar-refractivity contribution in [3.63, 3.8) is 0 Å². The van der Waals surface area contributed by atoms with Gasteiger partial charge in [0.25, 0.3) is 0 Å². The van der Waals surface area contributed by atoms with Crippen molar-refractivity contribution >= 4 is 5.91 Å². The van der Waals surface area contributed by atoms with E-state index in [1.54, 1.807) is 6.92 Å². The molecule has 0 aromatic heterocycles. The number of amides is 1. The van der Waals surface area contributed by atoms with Crippen LogP contribution >= 0.6 is 0 Å². The fraction of sp³-hybridized carbons (Fsp3) is 0.500. The molecule has 0 aliphatic carbocycles. The molecule has 1 rings (SSSR count). The zero-order chi connectivity index (χ0) is 13.6. The van der Waals surface area contributed by atoms with E-state index in [1.165, 1.54) is 5.56 Å². The molecular formula is C14H22N2O2. The van der Waals surface area contributed by atoms with Gasteiger partial charge in [0.1, 0.15) is 5.75 Å². The lowest BCUT2D eigenvalue weighted by atomic mass is 9.99. The van der Waals surface area contributed by atoms with Crippen LogP contribution < -0.4 is 16.2 Å². The average Bonchev–Trinajstić information content (AvgIpc) is 2.31. The Bertz CT molecular complexity index is 385. The zero-order valence-electron chi connectivity index (χ0n) is 11.1. The molecule has 1 aromatic rings. The molecule has 100 valence electrons. The monoisotopic (exact) mass is 250 g/mol. The SMILES string of the molecule is CCCc1ccc(OCCC(C)(N)C(N)=O)cc1. The molecule has 0 spiro atoms. The molecule has 0 radical (unpaired) electrons. The van der Waals surface area contributed by atoms with Crippen molar-refractivity contribution in [3.05, 3.63) is 29.8 Å². The summed E-state index contributed by atoms with van der Waals surface area (Å²) in [5.41, 5.74) is 11.2. The second-order valence-electron chi connectivity index (χ2n) is 4.77. The van der Waals surface area contributed by atoms with Gasteiger partial charge in [0.05, 0.1) is 12.1 Å². The Morgan fingerprint density at radius 3 is 2.44 bits per heavy atom. The Kier molecular flexibility index (Phi) is 5.16. The van der Waals surface area contributed by atoms with E-state index in [1.807, 2.05) is 12.1 Å². The van der Waals surface area contributed by atoms with Gasteiger partial charge in [-0.2, -0.15) is 0 Å². The van der Waals surface area contributed by atoms with Crippen LogP contribution in [0.25, 0.3) is 0 Å². The van der Waals surface area contributed by atoms with Gasteiger partial charge in [0.2, 0.25) is 5.91 Å². The van der Waals surface area contributed by atoms with E-state index < -0.39 is 11.4 Å². The van der Waals surface area contributed by atoms with Crippen molar-refractivity contribution in [3.8, 4) is 5.75 Å². The third-order valence-corrected chi connectivity index (χ3v) is 2.92. The van der Waals surface area contributed by atoms with Crippen molar-refractivity contribution in [1.29, 1.82) is 0 Å². The fourth-order valence-electron chi connectivity index (χ4n) is 1.55. The van der Waals surface area contributed by atoms with E-state index in [2.05, 4.69) is 19.1 Å². The molecule has 0 aliphatic heterocycles. The van der Waals surface area contributed by atoms with Gasteiger partial charge in [-0.1, -0.05) is 25.5 Å².